The van der Waals surface area contributed by atoms with Gasteiger partial charge in [-0.2, -0.15) is 13.2 Å². The second-order valence-corrected chi connectivity index (χ2v) is 4.51. The number of rotatable bonds is 2. The van der Waals surface area contributed by atoms with Crippen LogP contribution in [0.25, 0.3) is 0 Å². The minimum absolute atomic E-state index is 0.234. The molecule has 0 radical (unpaired) electrons. The number of nitrogens with one attached hydrogen (secondary N) is 1. The summed E-state index contributed by atoms with van der Waals surface area (Å²) in [5, 5.41) is 3.06. The van der Waals surface area contributed by atoms with Gasteiger partial charge in [0, 0.05) is 18.4 Å². The maximum atomic E-state index is 12.3. The molecule has 0 saturated carbocycles. The van der Waals surface area contributed by atoms with Crippen LogP contribution in [-0.4, -0.2) is 41.0 Å². The molecule has 0 atom stereocenters. The van der Waals surface area contributed by atoms with Gasteiger partial charge in [-0.1, -0.05) is 0 Å². The van der Waals surface area contributed by atoms with E-state index in [4.69, 9.17) is 0 Å². The molecular formula is C11H15F3N4. The lowest BCUT2D eigenvalue weighted by atomic mass is 10.1. The summed E-state index contributed by atoms with van der Waals surface area (Å²) >= 11 is 0. The fourth-order valence-corrected chi connectivity index (χ4v) is 1.88. The molecule has 1 saturated heterocycles. The Hall–Kier alpha value is -1.37. The van der Waals surface area contributed by atoms with Crippen LogP contribution in [-0.2, 0) is 6.18 Å². The first kappa shape index (κ1) is 13.1. The monoisotopic (exact) mass is 260 g/mol. The first-order valence-electron chi connectivity index (χ1n) is 5.79. The fraction of sp³-hybridized carbons (Fsp3) is 0.636. The summed E-state index contributed by atoms with van der Waals surface area (Å²) in [5.41, 5.74) is -0.823. The van der Waals surface area contributed by atoms with E-state index >= 15 is 0 Å². The average Bonchev–Trinajstić information content (AvgIpc) is 2.32. The molecule has 0 amide bonds. The van der Waals surface area contributed by atoms with Crippen molar-refractivity contribution >= 4 is 5.95 Å². The summed E-state index contributed by atoms with van der Waals surface area (Å²) in [6.45, 7) is 1.94. The zero-order chi connectivity index (χ0) is 13.2. The summed E-state index contributed by atoms with van der Waals surface area (Å²) in [7, 11) is 2.05. The number of halogens is 3. The Bertz CT molecular complexity index is 382. The van der Waals surface area contributed by atoms with Crippen LogP contribution in [0.2, 0.25) is 0 Å². The molecule has 1 aromatic heterocycles. The van der Waals surface area contributed by atoms with Crippen LogP contribution in [0.3, 0.4) is 0 Å². The highest BCUT2D eigenvalue weighted by Crippen LogP contribution is 2.28. The minimum Gasteiger partial charge on any atom is -0.351 e. The second kappa shape index (κ2) is 5.09. The smallest absolute Gasteiger partial charge is 0.351 e. The first-order chi connectivity index (χ1) is 8.45. The van der Waals surface area contributed by atoms with E-state index in [2.05, 4.69) is 20.2 Å². The summed E-state index contributed by atoms with van der Waals surface area (Å²) in [4.78, 5) is 9.62. The highest BCUT2D eigenvalue weighted by molar-refractivity contribution is 5.27. The maximum Gasteiger partial charge on any atom is 0.419 e. The Balaban J connectivity index is 1.94. The van der Waals surface area contributed by atoms with Gasteiger partial charge in [0.25, 0.3) is 0 Å². The lowest BCUT2D eigenvalue weighted by Crippen LogP contribution is -2.37. The quantitative estimate of drug-likeness (QED) is 0.883. The summed E-state index contributed by atoms with van der Waals surface area (Å²) < 4.78 is 36.9. The Morgan fingerprint density at radius 3 is 2.28 bits per heavy atom. The Kier molecular flexibility index (Phi) is 3.70. The van der Waals surface area contributed by atoms with Crippen LogP contribution in [0.4, 0.5) is 19.1 Å². The largest absolute Gasteiger partial charge is 0.419 e. The van der Waals surface area contributed by atoms with Crippen molar-refractivity contribution in [3.63, 3.8) is 0 Å². The number of hydrogen-bond acceptors (Lipinski definition) is 4. The molecule has 0 aliphatic carbocycles. The summed E-state index contributed by atoms with van der Waals surface area (Å²) in [5.74, 6) is 0.262. The van der Waals surface area contributed by atoms with Gasteiger partial charge < -0.3 is 10.2 Å². The predicted octanol–water partition coefficient (Wildman–Crippen LogP) is 2.00. The molecule has 0 spiro atoms. The number of piperidine rings is 1. The molecule has 1 aromatic rings. The number of likely N-dealkylation sites (tertiary alicyclic amines) is 1. The molecule has 1 aliphatic heterocycles. The van der Waals surface area contributed by atoms with Crippen molar-refractivity contribution in [1.29, 1.82) is 0 Å². The third-order valence-electron chi connectivity index (χ3n) is 3.03. The van der Waals surface area contributed by atoms with E-state index in [0.717, 1.165) is 38.3 Å². The van der Waals surface area contributed by atoms with Crippen molar-refractivity contribution in [3.8, 4) is 0 Å². The number of anilines is 1. The van der Waals surface area contributed by atoms with E-state index in [-0.39, 0.29) is 12.0 Å². The van der Waals surface area contributed by atoms with Crippen LogP contribution in [0.5, 0.6) is 0 Å². The Morgan fingerprint density at radius 1 is 1.22 bits per heavy atom. The Labute approximate surface area is 103 Å². The molecule has 2 rings (SSSR count). The van der Waals surface area contributed by atoms with E-state index in [1.54, 1.807) is 0 Å². The summed E-state index contributed by atoms with van der Waals surface area (Å²) in [6.07, 6.45) is -0.873. The molecule has 1 N–H and O–H groups in total. The highest BCUT2D eigenvalue weighted by atomic mass is 19.4. The van der Waals surface area contributed by atoms with Gasteiger partial charge in [0.15, 0.2) is 0 Å². The minimum atomic E-state index is -4.38. The van der Waals surface area contributed by atoms with Crippen LogP contribution >= 0.6 is 0 Å². The molecule has 1 aliphatic rings. The first-order valence-corrected chi connectivity index (χ1v) is 5.79. The van der Waals surface area contributed by atoms with E-state index in [1.165, 1.54) is 0 Å². The zero-order valence-electron chi connectivity index (χ0n) is 10.0. The van der Waals surface area contributed by atoms with Crippen LogP contribution < -0.4 is 5.32 Å². The number of aromatic nitrogens is 2. The van der Waals surface area contributed by atoms with Gasteiger partial charge >= 0.3 is 6.18 Å². The molecule has 1 fully saturated rings. The van der Waals surface area contributed by atoms with Crippen molar-refractivity contribution in [2.24, 2.45) is 0 Å². The third kappa shape index (κ3) is 3.32. The van der Waals surface area contributed by atoms with E-state index in [1.807, 2.05) is 7.05 Å². The van der Waals surface area contributed by atoms with E-state index < -0.39 is 11.7 Å². The van der Waals surface area contributed by atoms with Gasteiger partial charge in [0.2, 0.25) is 5.95 Å². The van der Waals surface area contributed by atoms with Crippen molar-refractivity contribution < 1.29 is 13.2 Å². The standard InChI is InChI=1S/C11H15F3N4/c1-18-4-2-9(3-5-18)17-10-15-6-8(7-16-10)11(12,13)14/h6-7,9H,2-5H2,1H3,(H,15,16,17). The molecule has 7 heteroatoms. The normalized spacial score (nSPS) is 18.9. The highest BCUT2D eigenvalue weighted by Gasteiger charge is 2.31. The lowest BCUT2D eigenvalue weighted by molar-refractivity contribution is -0.138. The van der Waals surface area contributed by atoms with Crippen LogP contribution in [0.1, 0.15) is 18.4 Å². The fourth-order valence-electron chi connectivity index (χ4n) is 1.88. The number of hydrogen-bond donors (Lipinski definition) is 1. The van der Waals surface area contributed by atoms with Gasteiger partial charge in [-0.3, -0.25) is 0 Å². The number of alkyl halides is 3. The molecule has 18 heavy (non-hydrogen) atoms. The van der Waals surface area contributed by atoms with Gasteiger partial charge in [-0.15, -0.1) is 0 Å². The van der Waals surface area contributed by atoms with E-state index in [9.17, 15) is 13.2 Å². The SMILES string of the molecule is CN1CCC(Nc2ncc(C(F)(F)F)cn2)CC1. The van der Waals surface area contributed by atoms with Gasteiger partial charge in [0.05, 0.1) is 5.56 Å². The predicted molar refractivity (Wildman–Crippen MR) is 61.2 cm³/mol. The average molecular weight is 260 g/mol. The topological polar surface area (TPSA) is 41.0 Å². The van der Waals surface area contributed by atoms with Gasteiger partial charge in [-0.05, 0) is 33.0 Å². The van der Waals surface area contributed by atoms with Crippen molar-refractivity contribution in [2.75, 3.05) is 25.5 Å². The third-order valence-corrected chi connectivity index (χ3v) is 3.03. The van der Waals surface area contributed by atoms with Gasteiger partial charge in [0.1, 0.15) is 0 Å². The van der Waals surface area contributed by atoms with Crippen molar-refractivity contribution in [2.45, 2.75) is 25.1 Å². The molecule has 100 valence electrons. The second-order valence-electron chi connectivity index (χ2n) is 4.51. The maximum absolute atomic E-state index is 12.3. The van der Waals surface area contributed by atoms with Crippen molar-refractivity contribution in [3.05, 3.63) is 18.0 Å². The zero-order valence-corrected chi connectivity index (χ0v) is 10.0. The molecule has 4 nitrogen and oxygen atoms in total. The van der Waals surface area contributed by atoms with Crippen LogP contribution in [0, 0.1) is 0 Å². The van der Waals surface area contributed by atoms with Crippen molar-refractivity contribution in [1.82, 2.24) is 14.9 Å². The number of nitrogens with zero attached hydrogens (tertiary/aromatic N) is 3. The van der Waals surface area contributed by atoms with Gasteiger partial charge in [-0.25, -0.2) is 9.97 Å². The molecule has 0 bridgehead atoms. The summed E-state index contributed by atoms with van der Waals surface area (Å²) in [6, 6.07) is 0.234. The molecular weight excluding hydrogens is 245 g/mol. The Morgan fingerprint density at radius 2 is 1.78 bits per heavy atom. The lowest BCUT2D eigenvalue weighted by Gasteiger charge is -2.29. The molecule has 0 aromatic carbocycles. The van der Waals surface area contributed by atoms with E-state index in [0.29, 0.717) is 0 Å². The van der Waals surface area contributed by atoms with Crippen LogP contribution in [0.15, 0.2) is 12.4 Å². The molecule has 2 heterocycles. The molecule has 0 unspecified atom stereocenters.